The van der Waals surface area contributed by atoms with Crippen molar-refractivity contribution in [2.24, 2.45) is 11.8 Å². The van der Waals surface area contributed by atoms with Gasteiger partial charge in [-0.1, -0.05) is 6.07 Å². The normalized spacial score (nSPS) is 26.1. The molecule has 150 valence electrons. The van der Waals surface area contributed by atoms with E-state index in [1.807, 2.05) is 12.1 Å². The lowest BCUT2D eigenvalue weighted by Crippen LogP contribution is -2.14. The van der Waals surface area contributed by atoms with E-state index in [1.54, 1.807) is 18.2 Å². The third kappa shape index (κ3) is 3.00. The zero-order valence-corrected chi connectivity index (χ0v) is 16.0. The molecule has 4 atom stereocenters. The zero-order valence-electron chi connectivity index (χ0n) is 16.0. The Labute approximate surface area is 163 Å². The van der Waals surface area contributed by atoms with Crippen LogP contribution in [0.3, 0.4) is 0 Å². The summed E-state index contributed by atoms with van der Waals surface area (Å²) in [5.41, 5.74) is 1.83. The van der Waals surface area contributed by atoms with Crippen LogP contribution < -0.4 is 14.2 Å². The predicted molar refractivity (Wildman–Crippen MR) is 100 cm³/mol. The van der Waals surface area contributed by atoms with E-state index in [2.05, 4.69) is 0 Å². The van der Waals surface area contributed by atoms with Gasteiger partial charge in [0.25, 0.3) is 0 Å². The average Bonchev–Trinajstić information content (AvgIpc) is 3.31. The number of hydrogen-bond acceptors (Lipinski definition) is 7. The molecule has 2 N–H and O–H groups in total. The summed E-state index contributed by atoms with van der Waals surface area (Å²) in [4.78, 5) is 0. The van der Waals surface area contributed by atoms with Gasteiger partial charge in [0, 0.05) is 11.8 Å². The summed E-state index contributed by atoms with van der Waals surface area (Å²) in [6.45, 7) is 1.10. The Morgan fingerprint density at radius 1 is 0.750 bits per heavy atom. The fourth-order valence-electron chi connectivity index (χ4n) is 4.18. The first-order valence-corrected chi connectivity index (χ1v) is 9.12. The van der Waals surface area contributed by atoms with E-state index in [-0.39, 0.29) is 35.5 Å². The number of aromatic hydroxyl groups is 2. The van der Waals surface area contributed by atoms with Gasteiger partial charge in [-0.25, -0.2) is 0 Å². The van der Waals surface area contributed by atoms with Gasteiger partial charge in [0.1, 0.15) is 0 Å². The standard InChI is InChI=1S/C21H24O7/c1-24-16-6-11(4-5-15(16)22)20-13-9-28-21(14(13)10-27-20)12-7-17(25-2)19(23)18(8-12)26-3/h4-8,13-14,20-23H,9-10H2,1-3H3/t13-,14-,20-,21+/m1/s1. The highest BCUT2D eigenvalue weighted by Crippen LogP contribution is 2.52. The number of rotatable bonds is 5. The lowest BCUT2D eigenvalue weighted by molar-refractivity contribution is 0.0191. The van der Waals surface area contributed by atoms with Crippen LogP contribution in [0.2, 0.25) is 0 Å². The van der Waals surface area contributed by atoms with Crippen LogP contribution in [0.15, 0.2) is 30.3 Å². The van der Waals surface area contributed by atoms with Gasteiger partial charge in [0.15, 0.2) is 23.0 Å². The number of benzene rings is 2. The second-order valence-corrected chi connectivity index (χ2v) is 7.04. The Hall–Kier alpha value is -2.64. The van der Waals surface area contributed by atoms with Gasteiger partial charge < -0.3 is 33.9 Å². The van der Waals surface area contributed by atoms with Crippen LogP contribution in [0, 0.1) is 11.8 Å². The first kappa shape index (κ1) is 18.7. The summed E-state index contributed by atoms with van der Waals surface area (Å²) in [5, 5.41) is 20.0. The Balaban J connectivity index is 1.61. The van der Waals surface area contributed by atoms with Crippen molar-refractivity contribution < 1.29 is 33.9 Å². The van der Waals surface area contributed by atoms with Gasteiger partial charge in [0.05, 0.1) is 46.8 Å². The van der Waals surface area contributed by atoms with Crippen LogP contribution in [-0.2, 0) is 9.47 Å². The topological polar surface area (TPSA) is 86.6 Å². The first-order chi connectivity index (χ1) is 13.6. The molecule has 7 heteroatoms. The maximum absolute atomic E-state index is 10.2. The first-order valence-electron chi connectivity index (χ1n) is 9.12. The quantitative estimate of drug-likeness (QED) is 0.813. The van der Waals surface area contributed by atoms with E-state index in [0.29, 0.717) is 30.5 Å². The Bertz CT molecular complexity index is 841. The summed E-state index contributed by atoms with van der Waals surface area (Å²) in [6, 6.07) is 8.84. The zero-order chi connectivity index (χ0) is 19.8. The van der Waals surface area contributed by atoms with Gasteiger partial charge in [-0.3, -0.25) is 0 Å². The second kappa shape index (κ2) is 7.41. The molecule has 2 aliphatic heterocycles. The SMILES string of the molecule is COc1cc([C@H]2OC[C@@H]3[C@H]2CO[C@H]3c2cc(OC)c(O)c(OC)c2)ccc1O. The van der Waals surface area contributed by atoms with Crippen LogP contribution in [-0.4, -0.2) is 44.8 Å². The van der Waals surface area contributed by atoms with Crippen molar-refractivity contribution >= 4 is 0 Å². The van der Waals surface area contributed by atoms with E-state index in [9.17, 15) is 10.2 Å². The van der Waals surface area contributed by atoms with E-state index in [4.69, 9.17) is 23.7 Å². The monoisotopic (exact) mass is 388 g/mol. The second-order valence-electron chi connectivity index (χ2n) is 7.04. The Morgan fingerprint density at radius 3 is 1.79 bits per heavy atom. The largest absolute Gasteiger partial charge is 0.504 e. The molecule has 0 amide bonds. The Morgan fingerprint density at radius 2 is 1.25 bits per heavy atom. The molecule has 0 aliphatic carbocycles. The van der Waals surface area contributed by atoms with Crippen molar-refractivity contribution in [1.29, 1.82) is 0 Å². The van der Waals surface area contributed by atoms with Gasteiger partial charge in [-0.15, -0.1) is 0 Å². The molecule has 0 unspecified atom stereocenters. The summed E-state index contributed by atoms with van der Waals surface area (Å²) in [5.74, 6) is 1.52. The minimum absolute atomic E-state index is 0.0277. The highest BCUT2D eigenvalue weighted by Gasteiger charge is 2.48. The third-order valence-corrected chi connectivity index (χ3v) is 5.63. The van der Waals surface area contributed by atoms with Crippen molar-refractivity contribution in [2.75, 3.05) is 34.5 Å². The molecule has 0 aromatic heterocycles. The highest BCUT2D eigenvalue weighted by atomic mass is 16.5. The molecule has 0 saturated carbocycles. The molecule has 2 aromatic carbocycles. The summed E-state index contributed by atoms with van der Waals surface area (Å²) >= 11 is 0. The number of methoxy groups -OCH3 is 3. The molecule has 2 heterocycles. The van der Waals surface area contributed by atoms with Crippen LogP contribution in [0.5, 0.6) is 28.7 Å². The molecule has 7 nitrogen and oxygen atoms in total. The van der Waals surface area contributed by atoms with Gasteiger partial charge in [-0.2, -0.15) is 0 Å². The summed E-state index contributed by atoms with van der Waals surface area (Å²) in [6.07, 6.45) is -0.317. The highest BCUT2D eigenvalue weighted by molar-refractivity contribution is 5.53. The van der Waals surface area contributed by atoms with Crippen molar-refractivity contribution in [3.63, 3.8) is 0 Å². The van der Waals surface area contributed by atoms with E-state index < -0.39 is 0 Å². The minimum Gasteiger partial charge on any atom is -0.504 e. The molecular weight excluding hydrogens is 364 g/mol. The number of fused-ring (bicyclic) bond motifs is 1. The van der Waals surface area contributed by atoms with E-state index in [0.717, 1.165) is 11.1 Å². The van der Waals surface area contributed by atoms with E-state index in [1.165, 1.54) is 21.3 Å². The fraction of sp³-hybridized carbons (Fsp3) is 0.429. The number of phenols is 2. The average molecular weight is 388 g/mol. The molecule has 0 radical (unpaired) electrons. The molecule has 0 spiro atoms. The molecule has 2 saturated heterocycles. The van der Waals surface area contributed by atoms with Crippen molar-refractivity contribution in [1.82, 2.24) is 0 Å². The summed E-state index contributed by atoms with van der Waals surface area (Å²) in [7, 11) is 4.53. The number of phenolic OH excluding ortho intramolecular Hbond substituents is 2. The molecule has 2 fully saturated rings. The minimum atomic E-state index is -0.183. The molecular formula is C21H24O7. The number of ether oxygens (including phenoxy) is 5. The lowest BCUT2D eigenvalue weighted by Gasteiger charge is -2.19. The number of hydrogen-bond donors (Lipinski definition) is 2. The molecule has 2 aromatic rings. The van der Waals surface area contributed by atoms with Crippen molar-refractivity contribution in [3.8, 4) is 28.7 Å². The van der Waals surface area contributed by atoms with Crippen molar-refractivity contribution in [2.45, 2.75) is 12.2 Å². The smallest absolute Gasteiger partial charge is 0.200 e. The summed E-state index contributed by atoms with van der Waals surface area (Å²) < 4.78 is 28.0. The third-order valence-electron chi connectivity index (χ3n) is 5.63. The Kier molecular flexibility index (Phi) is 4.95. The van der Waals surface area contributed by atoms with Gasteiger partial charge in [0.2, 0.25) is 5.75 Å². The van der Waals surface area contributed by atoms with Crippen molar-refractivity contribution in [3.05, 3.63) is 41.5 Å². The molecule has 28 heavy (non-hydrogen) atoms. The molecule has 0 bridgehead atoms. The van der Waals surface area contributed by atoms with E-state index >= 15 is 0 Å². The van der Waals surface area contributed by atoms with Crippen LogP contribution in [0.25, 0.3) is 0 Å². The molecule has 4 rings (SSSR count). The van der Waals surface area contributed by atoms with Gasteiger partial charge in [-0.05, 0) is 35.4 Å². The fourth-order valence-corrected chi connectivity index (χ4v) is 4.18. The van der Waals surface area contributed by atoms with Gasteiger partial charge >= 0.3 is 0 Å². The van der Waals surface area contributed by atoms with Crippen LogP contribution in [0.4, 0.5) is 0 Å². The lowest BCUT2D eigenvalue weighted by atomic mass is 9.85. The molecule has 2 aliphatic rings. The van der Waals surface area contributed by atoms with Crippen LogP contribution in [0.1, 0.15) is 23.3 Å². The maximum Gasteiger partial charge on any atom is 0.200 e. The maximum atomic E-state index is 10.2. The van der Waals surface area contributed by atoms with Crippen LogP contribution >= 0.6 is 0 Å². The predicted octanol–water partition coefficient (Wildman–Crippen LogP) is 3.20.